The van der Waals surface area contributed by atoms with Gasteiger partial charge in [0.2, 0.25) is 10.0 Å². The molecule has 0 unspecified atom stereocenters. The molecule has 0 aliphatic heterocycles. The zero-order valence-electron chi connectivity index (χ0n) is 15.3. The van der Waals surface area contributed by atoms with Crippen LogP contribution in [0.4, 0.5) is 5.69 Å². The van der Waals surface area contributed by atoms with Crippen LogP contribution >= 0.6 is 11.6 Å². The highest BCUT2D eigenvalue weighted by atomic mass is 35.5. The quantitative estimate of drug-likeness (QED) is 0.655. The van der Waals surface area contributed by atoms with Crippen LogP contribution in [-0.2, 0) is 10.0 Å². The minimum Gasteiger partial charge on any atom is -0.318 e. The molecule has 2 aromatic carbocycles. The van der Waals surface area contributed by atoms with E-state index in [2.05, 4.69) is 4.99 Å². The van der Waals surface area contributed by atoms with E-state index in [1.54, 1.807) is 18.3 Å². The largest absolute Gasteiger partial charge is 0.318 e. The second kappa shape index (κ2) is 7.31. The van der Waals surface area contributed by atoms with Crippen LogP contribution in [-0.4, -0.2) is 19.2 Å². The minimum absolute atomic E-state index is 0.0896. The Kier molecular flexibility index (Phi) is 5.24. The summed E-state index contributed by atoms with van der Waals surface area (Å²) in [4.78, 5) is 4.60. The van der Waals surface area contributed by atoms with Crippen LogP contribution < -0.4 is 5.14 Å². The molecule has 0 aliphatic rings. The number of halogens is 1. The van der Waals surface area contributed by atoms with Crippen LogP contribution in [0.3, 0.4) is 0 Å². The van der Waals surface area contributed by atoms with E-state index in [9.17, 15) is 8.42 Å². The molecule has 7 heteroatoms. The lowest BCUT2D eigenvalue weighted by Crippen LogP contribution is -2.12. The first-order chi connectivity index (χ1) is 12.7. The van der Waals surface area contributed by atoms with Crippen molar-refractivity contribution in [3.05, 3.63) is 76.1 Å². The highest BCUT2D eigenvalue weighted by Gasteiger charge is 2.12. The van der Waals surface area contributed by atoms with Crippen molar-refractivity contribution in [2.75, 3.05) is 0 Å². The van der Waals surface area contributed by atoms with Crippen molar-refractivity contribution in [1.82, 2.24) is 4.57 Å². The Morgan fingerprint density at radius 1 is 1.04 bits per heavy atom. The summed E-state index contributed by atoms with van der Waals surface area (Å²) < 4.78 is 24.9. The fourth-order valence-corrected chi connectivity index (χ4v) is 3.60. The van der Waals surface area contributed by atoms with E-state index >= 15 is 0 Å². The minimum atomic E-state index is -3.70. The van der Waals surface area contributed by atoms with Crippen molar-refractivity contribution in [2.45, 2.75) is 25.7 Å². The van der Waals surface area contributed by atoms with Crippen molar-refractivity contribution in [1.29, 1.82) is 0 Å². The summed E-state index contributed by atoms with van der Waals surface area (Å²) in [5, 5.41) is 5.85. The van der Waals surface area contributed by atoms with Crippen molar-refractivity contribution < 1.29 is 8.42 Å². The maximum atomic E-state index is 11.4. The third-order valence-electron chi connectivity index (χ3n) is 4.40. The monoisotopic (exact) mass is 401 g/mol. The lowest BCUT2D eigenvalue weighted by Gasteiger charge is -2.10. The van der Waals surface area contributed by atoms with Crippen molar-refractivity contribution in [3.8, 4) is 5.69 Å². The fourth-order valence-electron chi connectivity index (χ4n) is 2.91. The molecule has 2 N–H and O–H groups in total. The summed E-state index contributed by atoms with van der Waals surface area (Å²) in [6, 6.07) is 14.2. The summed E-state index contributed by atoms with van der Waals surface area (Å²) in [6.45, 7) is 5.93. The summed E-state index contributed by atoms with van der Waals surface area (Å²) in [5.74, 6) is 0. The molecule has 3 aromatic rings. The number of primary sulfonamides is 1. The van der Waals surface area contributed by atoms with Gasteiger partial charge in [0.25, 0.3) is 0 Å². The Hall–Kier alpha value is -2.41. The number of benzene rings is 2. The van der Waals surface area contributed by atoms with E-state index < -0.39 is 10.0 Å². The number of hydrogen-bond acceptors (Lipinski definition) is 3. The number of nitrogens with two attached hydrogens (primary N) is 1. The lowest BCUT2D eigenvalue weighted by atomic mass is 10.2. The first-order valence-corrected chi connectivity index (χ1v) is 10.2. The van der Waals surface area contributed by atoms with Gasteiger partial charge >= 0.3 is 0 Å². The Bertz CT molecular complexity index is 1130. The van der Waals surface area contributed by atoms with E-state index in [0.29, 0.717) is 5.02 Å². The molecule has 27 heavy (non-hydrogen) atoms. The van der Waals surface area contributed by atoms with Crippen LogP contribution in [0.5, 0.6) is 0 Å². The van der Waals surface area contributed by atoms with Crippen molar-refractivity contribution in [2.24, 2.45) is 10.1 Å². The van der Waals surface area contributed by atoms with Crippen LogP contribution in [0.1, 0.15) is 22.5 Å². The van der Waals surface area contributed by atoms with Gasteiger partial charge < -0.3 is 4.57 Å². The van der Waals surface area contributed by atoms with E-state index in [-0.39, 0.29) is 4.90 Å². The molecular weight excluding hydrogens is 382 g/mol. The first-order valence-electron chi connectivity index (χ1n) is 8.29. The van der Waals surface area contributed by atoms with Crippen molar-refractivity contribution >= 4 is 33.5 Å². The average Bonchev–Trinajstić information content (AvgIpc) is 2.89. The van der Waals surface area contributed by atoms with Gasteiger partial charge in [0.05, 0.1) is 10.6 Å². The first kappa shape index (κ1) is 19.4. The van der Waals surface area contributed by atoms with Gasteiger partial charge in [-0.15, -0.1) is 0 Å². The van der Waals surface area contributed by atoms with Gasteiger partial charge in [0.1, 0.15) is 0 Å². The van der Waals surface area contributed by atoms with Gasteiger partial charge in [0, 0.05) is 33.9 Å². The molecule has 0 amide bonds. The molecule has 0 fully saturated rings. The number of aliphatic imine (C=N–C) groups is 1. The number of aryl methyl sites for hydroxylation is 2. The standard InChI is InChI=1S/C20H20ClN3O2S/c1-13-4-5-17(11-20(13)21)23-12-16-10-14(2)24(15(16)3)18-6-8-19(9-7-18)27(22,25)26/h4-12H,1-3H3,(H2,22,25,26). The Balaban J connectivity index is 1.95. The molecule has 5 nitrogen and oxygen atoms in total. The Morgan fingerprint density at radius 2 is 1.70 bits per heavy atom. The number of nitrogens with zero attached hydrogens (tertiary/aromatic N) is 2. The Labute approximate surface area is 164 Å². The number of sulfonamides is 1. The van der Waals surface area contributed by atoms with Crippen LogP contribution in [0.25, 0.3) is 5.69 Å². The van der Waals surface area contributed by atoms with E-state index in [0.717, 1.165) is 33.9 Å². The zero-order valence-corrected chi connectivity index (χ0v) is 16.8. The third-order valence-corrected chi connectivity index (χ3v) is 5.74. The molecule has 3 rings (SSSR count). The predicted molar refractivity (Wildman–Crippen MR) is 110 cm³/mol. The van der Waals surface area contributed by atoms with Gasteiger partial charge in [-0.1, -0.05) is 17.7 Å². The molecule has 1 heterocycles. The van der Waals surface area contributed by atoms with Crippen LogP contribution in [0.2, 0.25) is 5.02 Å². The molecule has 140 valence electrons. The summed E-state index contributed by atoms with van der Waals surface area (Å²) in [6.07, 6.45) is 1.80. The number of rotatable bonds is 4. The van der Waals surface area contributed by atoms with E-state index in [1.807, 2.05) is 49.6 Å². The molecule has 1 aromatic heterocycles. The van der Waals surface area contributed by atoms with Gasteiger partial charge in [-0.3, -0.25) is 4.99 Å². The summed E-state index contributed by atoms with van der Waals surface area (Å²) in [7, 11) is -3.70. The molecule has 0 saturated carbocycles. The predicted octanol–water partition coefficient (Wildman–Crippen LogP) is 4.45. The maximum absolute atomic E-state index is 11.4. The third kappa shape index (κ3) is 4.13. The highest BCUT2D eigenvalue weighted by Crippen LogP contribution is 2.24. The lowest BCUT2D eigenvalue weighted by molar-refractivity contribution is 0.598. The van der Waals surface area contributed by atoms with Crippen LogP contribution in [0.15, 0.2) is 58.4 Å². The molecule has 0 bridgehead atoms. The normalized spacial score (nSPS) is 12.0. The van der Waals surface area contributed by atoms with E-state index in [1.165, 1.54) is 12.1 Å². The topological polar surface area (TPSA) is 77.5 Å². The molecule has 0 spiro atoms. The van der Waals surface area contributed by atoms with Gasteiger partial charge in [0.15, 0.2) is 0 Å². The SMILES string of the molecule is Cc1ccc(N=Cc2cc(C)n(-c3ccc(S(N)(=O)=O)cc3)c2C)cc1Cl. The maximum Gasteiger partial charge on any atom is 0.238 e. The number of hydrogen-bond donors (Lipinski definition) is 1. The second-order valence-corrected chi connectivity index (χ2v) is 8.36. The van der Waals surface area contributed by atoms with Crippen molar-refractivity contribution in [3.63, 3.8) is 0 Å². The second-order valence-electron chi connectivity index (χ2n) is 6.39. The summed E-state index contributed by atoms with van der Waals surface area (Å²) >= 11 is 6.15. The molecular formula is C20H20ClN3O2S. The van der Waals surface area contributed by atoms with Gasteiger partial charge in [-0.05, 0) is 68.8 Å². The fraction of sp³-hybridized carbons (Fsp3) is 0.150. The van der Waals surface area contributed by atoms with Gasteiger partial charge in [-0.25, -0.2) is 13.6 Å². The van der Waals surface area contributed by atoms with E-state index in [4.69, 9.17) is 16.7 Å². The summed E-state index contributed by atoms with van der Waals surface area (Å²) in [5.41, 5.74) is 5.64. The highest BCUT2D eigenvalue weighted by molar-refractivity contribution is 7.89. The molecule has 0 atom stereocenters. The molecule has 0 radical (unpaired) electrons. The number of aromatic nitrogens is 1. The van der Waals surface area contributed by atoms with Crippen LogP contribution in [0, 0.1) is 20.8 Å². The smallest absolute Gasteiger partial charge is 0.238 e. The average molecular weight is 402 g/mol. The molecule has 0 aliphatic carbocycles. The zero-order chi connectivity index (χ0) is 19.8. The molecule has 0 saturated heterocycles. The Morgan fingerprint density at radius 3 is 2.30 bits per heavy atom. The van der Waals surface area contributed by atoms with Gasteiger partial charge in [-0.2, -0.15) is 0 Å².